The normalized spacial score (nSPS) is 11.7. The van der Waals surface area contributed by atoms with Crippen LogP contribution in [0.1, 0.15) is 16.3 Å². The number of sulfonamides is 1. The molecule has 0 fully saturated rings. The molecule has 0 aliphatic heterocycles. The highest BCUT2D eigenvalue weighted by Gasteiger charge is 2.16. The second-order valence-corrected chi connectivity index (χ2v) is 6.64. The van der Waals surface area contributed by atoms with Gasteiger partial charge in [-0.15, -0.1) is 11.3 Å². The third kappa shape index (κ3) is 3.57. The third-order valence-corrected chi connectivity index (χ3v) is 4.82. The second kappa shape index (κ2) is 5.74. The molecule has 8 heteroatoms. The summed E-state index contributed by atoms with van der Waals surface area (Å²) in [6, 6.07) is 1.45. The van der Waals surface area contributed by atoms with Gasteiger partial charge in [0.25, 0.3) is 0 Å². The number of thiophene rings is 1. The lowest BCUT2D eigenvalue weighted by Gasteiger charge is -2.04. The molecule has 0 saturated carbocycles. The minimum Gasteiger partial charge on any atom is -0.391 e. The van der Waals surface area contributed by atoms with Gasteiger partial charge in [-0.05, 0) is 13.0 Å². The summed E-state index contributed by atoms with van der Waals surface area (Å²) in [6.45, 7) is 1.73. The summed E-state index contributed by atoms with van der Waals surface area (Å²) >= 11 is 1.20. The van der Waals surface area contributed by atoms with E-state index < -0.39 is 10.0 Å². The Morgan fingerprint density at radius 3 is 2.74 bits per heavy atom. The van der Waals surface area contributed by atoms with Crippen molar-refractivity contribution in [2.24, 2.45) is 0 Å². The molecule has 0 aliphatic carbocycles. The fourth-order valence-electron chi connectivity index (χ4n) is 1.35. The Morgan fingerprint density at radius 2 is 2.16 bits per heavy atom. The first kappa shape index (κ1) is 14.1. The molecule has 0 aromatic carbocycles. The number of rotatable bonds is 5. The van der Waals surface area contributed by atoms with E-state index in [2.05, 4.69) is 14.7 Å². The van der Waals surface area contributed by atoms with E-state index in [1.807, 2.05) is 6.92 Å². The largest absolute Gasteiger partial charge is 0.391 e. The molecular formula is C11H13N3O3S2. The molecule has 6 nitrogen and oxygen atoms in total. The van der Waals surface area contributed by atoms with Gasteiger partial charge >= 0.3 is 0 Å². The molecule has 0 saturated heterocycles. The maximum absolute atomic E-state index is 12.0. The van der Waals surface area contributed by atoms with E-state index in [-0.39, 0.29) is 18.0 Å². The molecule has 2 heterocycles. The zero-order valence-corrected chi connectivity index (χ0v) is 11.8. The minimum atomic E-state index is -3.58. The van der Waals surface area contributed by atoms with Gasteiger partial charge < -0.3 is 5.11 Å². The van der Waals surface area contributed by atoms with Crippen LogP contribution in [0.4, 0.5) is 0 Å². The van der Waals surface area contributed by atoms with Crippen molar-refractivity contribution in [3.05, 3.63) is 40.1 Å². The van der Waals surface area contributed by atoms with Crippen LogP contribution >= 0.6 is 11.3 Å². The Morgan fingerprint density at radius 1 is 1.37 bits per heavy atom. The number of aryl methyl sites for hydroxylation is 1. The van der Waals surface area contributed by atoms with Gasteiger partial charge in [-0.25, -0.2) is 13.1 Å². The van der Waals surface area contributed by atoms with Gasteiger partial charge in [0.05, 0.1) is 35.6 Å². The minimum absolute atomic E-state index is 0.0833. The molecule has 2 N–H and O–H groups in total. The Hall–Kier alpha value is -1.35. The molecular weight excluding hydrogens is 286 g/mol. The van der Waals surface area contributed by atoms with Crippen molar-refractivity contribution in [3.8, 4) is 0 Å². The van der Waals surface area contributed by atoms with Crippen LogP contribution in [-0.4, -0.2) is 23.5 Å². The quantitative estimate of drug-likeness (QED) is 0.852. The monoisotopic (exact) mass is 299 g/mol. The predicted octanol–water partition coefficient (Wildman–Crippen LogP) is 0.817. The average molecular weight is 299 g/mol. The van der Waals surface area contributed by atoms with Gasteiger partial charge in [0, 0.05) is 16.5 Å². The first-order valence-electron chi connectivity index (χ1n) is 5.47. The summed E-state index contributed by atoms with van der Waals surface area (Å²) in [7, 11) is -3.58. The number of hydrogen-bond acceptors (Lipinski definition) is 6. The molecule has 0 spiro atoms. The van der Waals surface area contributed by atoms with E-state index in [9.17, 15) is 8.42 Å². The van der Waals surface area contributed by atoms with Crippen molar-refractivity contribution in [1.82, 2.24) is 14.7 Å². The van der Waals surface area contributed by atoms with Crippen molar-refractivity contribution in [3.63, 3.8) is 0 Å². The van der Waals surface area contributed by atoms with Crippen LogP contribution in [0.5, 0.6) is 0 Å². The lowest BCUT2D eigenvalue weighted by molar-refractivity contribution is 0.285. The molecule has 0 amide bonds. The maximum Gasteiger partial charge on any atom is 0.241 e. The first-order chi connectivity index (χ1) is 9.01. The first-order valence-corrected chi connectivity index (χ1v) is 7.83. The van der Waals surface area contributed by atoms with Gasteiger partial charge in [0.2, 0.25) is 10.0 Å². The van der Waals surface area contributed by atoms with Crippen LogP contribution in [0, 0.1) is 6.92 Å². The number of aliphatic hydroxyl groups is 1. The van der Waals surface area contributed by atoms with E-state index >= 15 is 0 Å². The highest BCUT2D eigenvalue weighted by molar-refractivity contribution is 7.89. The standard InChI is InChI=1S/C11H13N3O3S2/c1-8-3-13-9(4-12-8)5-14-19(16,17)11-2-10(6-15)18-7-11/h2-4,7,14-15H,5-6H2,1H3. The highest BCUT2D eigenvalue weighted by Crippen LogP contribution is 2.19. The number of hydrogen-bond donors (Lipinski definition) is 2. The smallest absolute Gasteiger partial charge is 0.241 e. The Bertz CT molecular complexity index is 650. The van der Waals surface area contributed by atoms with Crippen LogP contribution in [0.15, 0.2) is 28.7 Å². The summed E-state index contributed by atoms with van der Waals surface area (Å²) in [5.41, 5.74) is 1.32. The summed E-state index contributed by atoms with van der Waals surface area (Å²) in [5, 5.41) is 10.4. The Kier molecular flexibility index (Phi) is 4.25. The predicted molar refractivity (Wildman–Crippen MR) is 71.0 cm³/mol. The molecule has 0 bridgehead atoms. The molecule has 0 unspecified atom stereocenters. The van der Waals surface area contributed by atoms with Gasteiger partial charge in [-0.1, -0.05) is 0 Å². The zero-order valence-electron chi connectivity index (χ0n) is 10.2. The van der Waals surface area contributed by atoms with Crippen molar-refractivity contribution in [1.29, 1.82) is 0 Å². The topological polar surface area (TPSA) is 92.2 Å². The summed E-state index contributed by atoms with van der Waals surface area (Å²) in [6.07, 6.45) is 3.11. The molecule has 0 atom stereocenters. The van der Waals surface area contributed by atoms with Gasteiger partial charge in [0.15, 0.2) is 0 Å². The molecule has 2 rings (SSSR count). The molecule has 102 valence electrons. The second-order valence-electron chi connectivity index (χ2n) is 3.88. The SMILES string of the molecule is Cc1cnc(CNS(=O)(=O)c2csc(CO)c2)cn1. The van der Waals surface area contributed by atoms with Gasteiger partial charge in [0.1, 0.15) is 0 Å². The third-order valence-electron chi connectivity index (χ3n) is 2.37. The molecule has 0 radical (unpaired) electrons. The van der Waals surface area contributed by atoms with Crippen molar-refractivity contribution in [2.75, 3.05) is 0 Å². The average Bonchev–Trinajstić information content (AvgIpc) is 2.88. The summed E-state index contributed by atoms with van der Waals surface area (Å²) in [4.78, 5) is 8.87. The molecule has 0 aliphatic rings. The Labute approximate surface area is 115 Å². The van der Waals surface area contributed by atoms with Crippen molar-refractivity contribution < 1.29 is 13.5 Å². The van der Waals surface area contributed by atoms with Crippen LogP contribution in [0.25, 0.3) is 0 Å². The fraction of sp³-hybridized carbons (Fsp3) is 0.273. The molecule has 2 aromatic heterocycles. The van der Waals surface area contributed by atoms with Gasteiger partial charge in [-0.2, -0.15) is 0 Å². The number of aromatic nitrogens is 2. The van der Waals surface area contributed by atoms with Crippen LogP contribution < -0.4 is 4.72 Å². The summed E-state index contributed by atoms with van der Waals surface area (Å²) < 4.78 is 26.4. The van der Waals surface area contributed by atoms with Crippen LogP contribution in [0.2, 0.25) is 0 Å². The van der Waals surface area contributed by atoms with Crippen LogP contribution in [0.3, 0.4) is 0 Å². The number of nitrogens with one attached hydrogen (secondary N) is 1. The van der Waals surface area contributed by atoms with Crippen molar-refractivity contribution >= 4 is 21.4 Å². The van der Waals surface area contributed by atoms with E-state index in [0.29, 0.717) is 10.6 Å². The van der Waals surface area contributed by atoms with Gasteiger partial charge in [-0.3, -0.25) is 9.97 Å². The zero-order chi connectivity index (χ0) is 13.9. The highest BCUT2D eigenvalue weighted by atomic mass is 32.2. The maximum atomic E-state index is 12.0. The number of nitrogens with zero attached hydrogens (tertiary/aromatic N) is 2. The van der Waals surface area contributed by atoms with E-state index in [4.69, 9.17) is 5.11 Å². The summed E-state index contributed by atoms with van der Waals surface area (Å²) in [5.74, 6) is 0. The van der Waals surface area contributed by atoms with E-state index in [0.717, 1.165) is 5.69 Å². The molecule has 2 aromatic rings. The lowest BCUT2D eigenvalue weighted by Crippen LogP contribution is -2.23. The Balaban J connectivity index is 2.07. The van der Waals surface area contributed by atoms with E-state index in [1.165, 1.54) is 29.0 Å². The fourth-order valence-corrected chi connectivity index (χ4v) is 3.48. The molecule has 19 heavy (non-hydrogen) atoms. The number of aliphatic hydroxyl groups excluding tert-OH is 1. The lowest BCUT2D eigenvalue weighted by atomic mass is 10.4. The van der Waals surface area contributed by atoms with Crippen LogP contribution in [-0.2, 0) is 23.2 Å². The van der Waals surface area contributed by atoms with E-state index in [1.54, 1.807) is 6.20 Å². The van der Waals surface area contributed by atoms with Crippen molar-refractivity contribution in [2.45, 2.75) is 25.0 Å².